The van der Waals surface area contributed by atoms with Crippen LogP contribution in [0.3, 0.4) is 0 Å². The topological polar surface area (TPSA) is 68.8 Å². The Kier molecular flexibility index (Phi) is 3.07. The van der Waals surface area contributed by atoms with Gasteiger partial charge in [0.1, 0.15) is 5.82 Å². The summed E-state index contributed by atoms with van der Waals surface area (Å²) in [6, 6.07) is 10.8. The number of aromatic nitrogens is 3. The second-order valence-electron chi connectivity index (χ2n) is 5.25. The highest BCUT2D eigenvalue weighted by Gasteiger charge is 2.31. The molecule has 3 aromatic rings. The molecule has 5 nitrogen and oxygen atoms in total. The number of halogens is 1. The monoisotopic (exact) mass is 315 g/mol. The zero-order valence-electron chi connectivity index (χ0n) is 11.6. The second-order valence-corrected chi connectivity index (χ2v) is 6.23. The molecule has 2 aromatic heterocycles. The lowest BCUT2D eigenvalue weighted by molar-refractivity contribution is 0.437. The summed E-state index contributed by atoms with van der Waals surface area (Å²) >= 11 is 1.68. The third-order valence-electron chi connectivity index (χ3n) is 3.85. The molecule has 0 saturated carbocycles. The molecule has 0 aliphatic carbocycles. The third kappa shape index (κ3) is 2.23. The largest absolute Gasteiger partial charge is 0.366 e. The van der Waals surface area contributed by atoms with Gasteiger partial charge in [0.2, 0.25) is 11.9 Å². The standard InChI is InChI=1S/C15H14FN5S/c16-10-5-3-9(4-6-10)11-8-12(13-2-1-7-22-13)21-15(18-11)19-14(17)20-21/h1-7,11-12H,8H2,(H3,17,18,19,20)/t11-,12+/m1/s1. The first-order valence-corrected chi connectivity index (χ1v) is 7.86. The fourth-order valence-corrected chi connectivity index (χ4v) is 3.65. The van der Waals surface area contributed by atoms with Crippen molar-refractivity contribution < 1.29 is 4.39 Å². The third-order valence-corrected chi connectivity index (χ3v) is 4.82. The van der Waals surface area contributed by atoms with Crippen LogP contribution in [0.2, 0.25) is 0 Å². The van der Waals surface area contributed by atoms with Gasteiger partial charge in [0.25, 0.3) is 0 Å². The highest BCUT2D eigenvalue weighted by molar-refractivity contribution is 7.10. The first kappa shape index (κ1) is 13.3. The van der Waals surface area contributed by atoms with E-state index in [1.54, 1.807) is 23.5 Å². The van der Waals surface area contributed by atoms with E-state index in [9.17, 15) is 4.39 Å². The molecule has 7 heteroatoms. The smallest absolute Gasteiger partial charge is 0.241 e. The lowest BCUT2D eigenvalue weighted by Crippen LogP contribution is -2.27. The molecule has 0 spiro atoms. The molecule has 3 N–H and O–H groups in total. The average Bonchev–Trinajstić information content (AvgIpc) is 3.15. The predicted octanol–water partition coefficient (Wildman–Crippen LogP) is 3.21. The van der Waals surface area contributed by atoms with Gasteiger partial charge in [-0.25, -0.2) is 9.07 Å². The van der Waals surface area contributed by atoms with Gasteiger partial charge in [-0.15, -0.1) is 16.4 Å². The Labute approximate surface area is 130 Å². The lowest BCUT2D eigenvalue weighted by Gasteiger charge is -2.30. The van der Waals surface area contributed by atoms with Crippen molar-refractivity contribution in [2.24, 2.45) is 0 Å². The van der Waals surface area contributed by atoms with Crippen LogP contribution in [0.5, 0.6) is 0 Å². The summed E-state index contributed by atoms with van der Waals surface area (Å²) in [5, 5.41) is 9.68. The molecule has 1 aromatic carbocycles. The number of anilines is 2. The number of rotatable bonds is 2. The van der Waals surface area contributed by atoms with Gasteiger partial charge in [0.15, 0.2) is 0 Å². The summed E-state index contributed by atoms with van der Waals surface area (Å²) in [5.74, 6) is 0.669. The number of nitrogens with zero attached hydrogens (tertiary/aromatic N) is 3. The van der Waals surface area contributed by atoms with Crippen molar-refractivity contribution in [2.75, 3.05) is 11.1 Å². The number of benzene rings is 1. The van der Waals surface area contributed by atoms with Crippen molar-refractivity contribution in [1.82, 2.24) is 14.8 Å². The summed E-state index contributed by atoms with van der Waals surface area (Å²) in [6.07, 6.45) is 0.807. The van der Waals surface area contributed by atoms with Crippen LogP contribution in [0.4, 0.5) is 16.3 Å². The molecule has 0 amide bonds. The lowest BCUT2D eigenvalue weighted by atomic mass is 9.97. The maximum atomic E-state index is 13.1. The highest BCUT2D eigenvalue weighted by atomic mass is 32.1. The van der Waals surface area contributed by atoms with Crippen molar-refractivity contribution in [3.8, 4) is 0 Å². The average molecular weight is 315 g/mol. The SMILES string of the molecule is Nc1nc2n(n1)[C@H](c1cccs1)C[C@H](c1ccc(F)cc1)N2. The fourth-order valence-electron chi connectivity index (χ4n) is 2.83. The number of nitrogens with one attached hydrogen (secondary N) is 1. The molecule has 0 fully saturated rings. The van der Waals surface area contributed by atoms with Crippen LogP contribution >= 0.6 is 11.3 Å². The molecule has 3 heterocycles. The minimum Gasteiger partial charge on any atom is -0.366 e. The van der Waals surface area contributed by atoms with E-state index in [0.29, 0.717) is 5.95 Å². The normalized spacial score (nSPS) is 20.4. The Morgan fingerprint density at radius 2 is 2.09 bits per heavy atom. The minimum atomic E-state index is -0.234. The van der Waals surface area contributed by atoms with E-state index in [4.69, 9.17) is 5.73 Å². The number of thiophene rings is 1. The zero-order chi connectivity index (χ0) is 15.1. The summed E-state index contributed by atoms with van der Waals surface area (Å²) in [4.78, 5) is 5.46. The summed E-state index contributed by atoms with van der Waals surface area (Å²) < 4.78 is 15.0. The fraction of sp³-hybridized carbons (Fsp3) is 0.200. The van der Waals surface area contributed by atoms with Crippen molar-refractivity contribution in [2.45, 2.75) is 18.5 Å². The predicted molar refractivity (Wildman–Crippen MR) is 84.3 cm³/mol. The van der Waals surface area contributed by atoms with Gasteiger partial charge in [-0.3, -0.25) is 0 Å². The number of hydrogen-bond acceptors (Lipinski definition) is 5. The minimum absolute atomic E-state index is 0.0452. The molecule has 0 unspecified atom stereocenters. The van der Waals surface area contributed by atoms with Gasteiger partial charge < -0.3 is 11.1 Å². The molecule has 0 saturated heterocycles. The van der Waals surface area contributed by atoms with Crippen LogP contribution in [-0.2, 0) is 0 Å². The first-order chi connectivity index (χ1) is 10.7. The van der Waals surface area contributed by atoms with Crippen molar-refractivity contribution in [3.05, 3.63) is 58.0 Å². The zero-order valence-corrected chi connectivity index (χ0v) is 12.4. The van der Waals surface area contributed by atoms with Crippen LogP contribution < -0.4 is 11.1 Å². The molecule has 4 rings (SSSR count). The van der Waals surface area contributed by atoms with Crippen LogP contribution in [0.1, 0.15) is 28.9 Å². The van der Waals surface area contributed by atoms with Gasteiger partial charge in [-0.05, 0) is 35.6 Å². The van der Waals surface area contributed by atoms with Crippen LogP contribution in [0, 0.1) is 5.82 Å². The van der Waals surface area contributed by atoms with E-state index in [2.05, 4.69) is 21.5 Å². The van der Waals surface area contributed by atoms with Gasteiger partial charge in [-0.1, -0.05) is 18.2 Å². The number of hydrogen-bond donors (Lipinski definition) is 2. The van der Waals surface area contributed by atoms with Crippen molar-refractivity contribution in [3.63, 3.8) is 0 Å². The van der Waals surface area contributed by atoms with Crippen LogP contribution in [-0.4, -0.2) is 14.8 Å². The van der Waals surface area contributed by atoms with E-state index < -0.39 is 0 Å². The Morgan fingerprint density at radius 1 is 1.27 bits per heavy atom. The van der Waals surface area contributed by atoms with Crippen molar-refractivity contribution in [1.29, 1.82) is 0 Å². The molecule has 112 valence electrons. The Morgan fingerprint density at radius 3 is 2.82 bits per heavy atom. The summed E-state index contributed by atoms with van der Waals surface area (Å²) in [5.41, 5.74) is 6.77. The van der Waals surface area contributed by atoms with Crippen LogP contribution in [0.15, 0.2) is 41.8 Å². The van der Waals surface area contributed by atoms with E-state index >= 15 is 0 Å². The van der Waals surface area contributed by atoms with E-state index in [1.807, 2.05) is 16.1 Å². The molecule has 2 atom stereocenters. The Balaban J connectivity index is 1.74. The molecular formula is C15H14FN5S. The molecule has 1 aliphatic rings. The van der Waals surface area contributed by atoms with Gasteiger partial charge in [0, 0.05) is 4.88 Å². The molecule has 0 bridgehead atoms. The number of nitrogens with two attached hydrogens (primary N) is 1. The Bertz CT molecular complexity index is 781. The van der Waals surface area contributed by atoms with Crippen molar-refractivity contribution >= 4 is 23.2 Å². The molecule has 22 heavy (non-hydrogen) atoms. The highest BCUT2D eigenvalue weighted by Crippen LogP contribution is 2.39. The second kappa shape index (κ2) is 5.10. The van der Waals surface area contributed by atoms with Gasteiger partial charge in [-0.2, -0.15) is 4.98 Å². The quantitative estimate of drug-likeness (QED) is 0.762. The van der Waals surface area contributed by atoms with Gasteiger partial charge in [0.05, 0.1) is 12.1 Å². The maximum absolute atomic E-state index is 13.1. The number of fused-ring (bicyclic) bond motifs is 1. The maximum Gasteiger partial charge on any atom is 0.241 e. The van der Waals surface area contributed by atoms with Crippen LogP contribution in [0.25, 0.3) is 0 Å². The first-order valence-electron chi connectivity index (χ1n) is 6.98. The Hall–Kier alpha value is -2.41. The summed E-state index contributed by atoms with van der Waals surface area (Å²) in [7, 11) is 0. The molecular weight excluding hydrogens is 301 g/mol. The van der Waals surface area contributed by atoms with Gasteiger partial charge >= 0.3 is 0 Å². The number of nitrogen functional groups attached to an aromatic ring is 1. The van der Waals surface area contributed by atoms with E-state index in [1.165, 1.54) is 17.0 Å². The molecule has 0 radical (unpaired) electrons. The van der Waals surface area contributed by atoms with E-state index in [0.717, 1.165) is 12.0 Å². The molecule has 1 aliphatic heterocycles. The van der Waals surface area contributed by atoms with E-state index in [-0.39, 0.29) is 23.8 Å². The summed E-state index contributed by atoms with van der Waals surface area (Å²) in [6.45, 7) is 0.